The Balaban J connectivity index is 0.000000647. The maximum atomic E-state index is 10.3. The number of nitrogen functional groups attached to an aromatic ring is 1. The molecular formula is C17H22N4O3. The normalized spacial score (nSPS) is 20.2. The van der Waals surface area contributed by atoms with Gasteiger partial charge in [0.2, 0.25) is 0 Å². The number of pyridine rings is 2. The van der Waals surface area contributed by atoms with Gasteiger partial charge < -0.3 is 15.9 Å². The van der Waals surface area contributed by atoms with Gasteiger partial charge in [-0.2, -0.15) is 0 Å². The number of hydrogen-bond acceptors (Lipinski definition) is 6. The van der Waals surface area contributed by atoms with E-state index in [1.807, 2.05) is 30.3 Å². The van der Waals surface area contributed by atoms with E-state index in [0.717, 1.165) is 30.8 Å². The predicted molar refractivity (Wildman–Crippen MR) is 90.1 cm³/mol. The van der Waals surface area contributed by atoms with Gasteiger partial charge >= 0.3 is 0 Å². The van der Waals surface area contributed by atoms with Crippen LogP contribution in [0.2, 0.25) is 0 Å². The van der Waals surface area contributed by atoms with Gasteiger partial charge in [0, 0.05) is 49.2 Å². The molecule has 1 saturated heterocycles. The molecular weight excluding hydrogens is 308 g/mol. The first-order valence-corrected chi connectivity index (χ1v) is 7.71. The third kappa shape index (κ3) is 5.00. The minimum atomic E-state index is -0.315. The number of carbonyl (C=O) groups is 1. The lowest BCUT2D eigenvalue weighted by atomic mass is 10.00. The number of aliphatic hydroxyl groups is 1. The van der Waals surface area contributed by atoms with E-state index in [1.165, 1.54) is 0 Å². The van der Waals surface area contributed by atoms with E-state index in [4.69, 9.17) is 15.6 Å². The molecule has 0 unspecified atom stereocenters. The molecule has 0 spiro atoms. The fourth-order valence-electron chi connectivity index (χ4n) is 2.88. The van der Waals surface area contributed by atoms with Crippen molar-refractivity contribution in [3.8, 4) is 0 Å². The van der Waals surface area contributed by atoms with Gasteiger partial charge in [-0.05, 0) is 24.6 Å². The molecule has 0 saturated carbocycles. The third-order valence-electron chi connectivity index (χ3n) is 4.00. The van der Waals surface area contributed by atoms with Crippen LogP contribution in [-0.2, 0) is 17.8 Å². The minimum absolute atomic E-state index is 0.220. The highest BCUT2D eigenvalue weighted by Crippen LogP contribution is 2.23. The molecule has 7 heteroatoms. The molecule has 1 aliphatic heterocycles. The average Bonchev–Trinajstić information content (AvgIpc) is 2.91. The predicted octanol–water partition coefficient (Wildman–Crippen LogP) is 0.795. The lowest BCUT2D eigenvalue weighted by Crippen LogP contribution is -2.22. The molecule has 2 aromatic rings. The number of β-amino-alcohol motifs (C(OH)–C–C–N with tert-alkyl or cyclic N) is 1. The number of hydrogen-bond donors (Lipinski definition) is 3. The number of anilines is 1. The van der Waals surface area contributed by atoms with Gasteiger partial charge in [0.05, 0.1) is 6.10 Å². The van der Waals surface area contributed by atoms with Crippen molar-refractivity contribution in [2.75, 3.05) is 18.8 Å². The summed E-state index contributed by atoms with van der Waals surface area (Å²) >= 11 is 0. The number of aromatic nitrogens is 2. The molecule has 0 radical (unpaired) electrons. The Morgan fingerprint density at radius 2 is 1.96 bits per heavy atom. The highest BCUT2D eigenvalue weighted by Gasteiger charge is 2.31. The van der Waals surface area contributed by atoms with Crippen LogP contribution in [0.3, 0.4) is 0 Å². The fraction of sp³-hybridized carbons (Fsp3) is 0.353. The number of carboxylic acid groups (broad SMARTS) is 1. The van der Waals surface area contributed by atoms with E-state index in [2.05, 4.69) is 14.9 Å². The first kappa shape index (κ1) is 17.8. The summed E-state index contributed by atoms with van der Waals surface area (Å²) < 4.78 is 0. The summed E-state index contributed by atoms with van der Waals surface area (Å²) in [6, 6.07) is 9.78. The second kappa shape index (κ2) is 8.95. The Morgan fingerprint density at radius 3 is 2.62 bits per heavy atom. The molecule has 0 aliphatic carbocycles. The molecule has 128 valence electrons. The van der Waals surface area contributed by atoms with Crippen LogP contribution >= 0.6 is 0 Å². The minimum Gasteiger partial charge on any atom is -0.483 e. The molecule has 3 heterocycles. The fourth-order valence-corrected chi connectivity index (χ4v) is 2.88. The van der Waals surface area contributed by atoms with Crippen molar-refractivity contribution in [1.82, 2.24) is 14.9 Å². The van der Waals surface area contributed by atoms with Crippen molar-refractivity contribution < 1.29 is 15.0 Å². The van der Waals surface area contributed by atoms with Crippen LogP contribution in [0.1, 0.15) is 11.3 Å². The molecule has 3 rings (SSSR count). The summed E-state index contributed by atoms with van der Waals surface area (Å²) in [6.07, 6.45) is 3.98. The van der Waals surface area contributed by atoms with E-state index < -0.39 is 0 Å². The van der Waals surface area contributed by atoms with E-state index in [0.29, 0.717) is 12.4 Å². The second-order valence-electron chi connectivity index (χ2n) is 5.70. The van der Waals surface area contributed by atoms with Crippen LogP contribution < -0.4 is 5.73 Å². The van der Waals surface area contributed by atoms with Gasteiger partial charge in [0.25, 0.3) is 6.47 Å². The van der Waals surface area contributed by atoms with Crippen molar-refractivity contribution >= 4 is 12.3 Å². The number of nitrogens with two attached hydrogens (primary N) is 1. The summed E-state index contributed by atoms with van der Waals surface area (Å²) in [5.41, 5.74) is 7.93. The Hall–Kier alpha value is -2.51. The van der Waals surface area contributed by atoms with E-state index in [1.54, 1.807) is 12.4 Å². The van der Waals surface area contributed by atoms with Gasteiger partial charge in [-0.1, -0.05) is 12.1 Å². The molecule has 0 aromatic carbocycles. The van der Waals surface area contributed by atoms with Crippen LogP contribution in [0.4, 0.5) is 5.82 Å². The molecule has 1 fully saturated rings. The molecule has 4 N–H and O–H groups in total. The SMILES string of the molecule is Nc1ncccc1CN1C[C@@H](Cc2ccccn2)[C@H](O)C1.O=CO. The Labute approximate surface area is 140 Å². The second-order valence-corrected chi connectivity index (χ2v) is 5.70. The topological polar surface area (TPSA) is 113 Å². The zero-order chi connectivity index (χ0) is 17.4. The van der Waals surface area contributed by atoms with Gasteiger partial charge in [0.1, 0.15) is 5.82 Å². The Kier molecular flexibility index (Phi) is 6.65. The largest absolute Gasteiger partial charge is 0.483 e. The van der Waals surface area contributed by atoms with Crippen molar-refractivity contribution in [2.24, 2.45) is 5.92 Å². The lowest BCUT2D eigenvalue weighted by Gasteiger charge is -2.16. The van der Waals surface area contributed by atoms with E-state index >= 15 is 0 Å². The van der Waals surface area contributed by atoms with Gasteiger partial charge in [-0.25, -0.2) is 4.98 Å². The maximum Gasteiger partial charge on any atom is 0.290 e. The van der Waals surface area contributed by atoms with E-state index in [-0.39, 0.29) is 18.5 Å². The molecule has 1 aliphatic rings. The zero-order valence-corrected chi connectivity index (χ0v) is 13.3. The number of nitrogens with zero attached hydrogens (tertiary/aromatic N) is 3. The smallest absolute Gasteiger partial charge is 0.290 e. The standard InChI is InChI=1S/C16H20N4O.CH2O2/c17-16-12(4-3-7-19-16)9-20-10-13(15(21)11-20)8-14-5-1-2-6-18-14;2-1-3/h1-7,13,15,21H,8-11H2,(H2,17,19);1H,(H,2,3)/t13-,15-;/m1./s1. The molecule has 0 bridgehead atoms. The first-order valence-electron chi connectivity index (χ1n) is 7.71. The molecule has 24 heavy (non-hydrogen) atoms. The van der Waals surface area contributed by atoms with Crippen molar-refractivity contribution in [1.29, 1.82) is 0 Å². The van der Waals surface area contributed by atoms with Crippen molar-refractivity contribution in [3.05, 3.63) is 54.0 Å². The van der Waals surface area contributed by atoms with Crippen molar-refractivity contribution in [3.63, 3.8) is 0 Å². The monoisotopic (exact) mass is 330 g/mol. The molecule has 2 atom stereocenters. The van der Waals surface area contributed by atoms with Crippen LogP contribution in [-0.4, -0.2) is 50.7 Å². The number of likely N-dealkylation sites (tertiary alicyclic amines) is 1. The summed E-state index contributed by atoms with van der Waals surface area (Å²) in [6.45, 7) is 2.01. The zero-order valence-electron chi connectivity index (χ0n) is 13.3. The summed E-state index contributed by atoms with van der Waals surface area (Å²) in [4.78, 5) is 19.0. The number of rotatable bonds is 4. The van der Waals surface area contributed by atoms with E-state index in [9.17, 15) is 5.11 Å². The molecule has 2 aromatic heterocycles. The number of aliphatic hydroxyl groups excluding tert-OH is 1. The first-order chi connectivity index (χ1) is 11.6. The Bertz CT molecular complexity index is 639. The quantitative estimate of drug-likeness (QED) is 0.711. The van der Waals surface area contributed by atoms with Gasteiger partial charge in [0.15, 0.2) is 0 Å². The van der Waals surface area contributed by atoms with Crippen LogP contribution in [0, 0.1) is 5.92 Å². The van der Waals surface area contributed by atoms with Gasteiger partial charge in [-0.3, -0.25) is 14.7 Å². The van der Waals surface area contributed by atoms with Gasteiger partial charge in [-0.15, -0.1) is 0 Å². The average molecular weight is 330 g/mol. The van der Waals surface area contributed by atoms with Crippen LogP contribution in [0.5, 0.6) is 0 Å². The highest BCUT2D eigenvalue weighted by molar-refractivity contribution is 5.38. The van der Waals surface area contributed by atoms with Crippen molar-refractivity contribution in [2.45, 2.75) is 19.1 Å². The summed E-state index contributed by atoms with van der Waals surface area (Å²) in [7, 11) is 0. The molecule has 7 nitrogen and oxygen atoms in total. The summed E-state index contributed by atoms with van der Waals surface area (Å²) in [5.74, 6) is 0.790. The third-order valence-corrected chi connectivity index (χ3v) is 4.00. The van der Waals surface area contributed by atoms with Crippen LogP contribution in [0.15, 0.2) is 42.7 Å². The maximum absolute atomic E-state index is 10.3. The summed E-state index contributed by atoms with van der Waals surface area (Å²) in [5, 5.41) is 17.1. The Morgan fingerprint density at radius 1 is 1.21 bits per heavy atom. The molecule has 0 amide bonds. The highest BCUT2D eigenvalue weighted by atomic mass is 16.3. The lowest BCUT2D eigenvalue weighted by molar-refractivity contribution is -0.122. The van der Waals surface area contributed by atoms with Crippen LogP contribution in [0.25, 0.3) is 0 Å².